The predicted molar refractivity (Wildman–Crippen MR) is 132 cm³/mol. The second-order valence-electron chi connectivity index (χ2n) is 9.20. The number of carboxylic acid groups (broad SMARTS) is 1. The number of carbonyl (C=O) groups excluding carboxylic acids is 5. The molecular weight excluding hydrogens is 498 g/mol. The summed E-state index contributed by atoms with van der Waals surface area (Å²) in [5, 5.41) is 16.2. The second-order valence-corrected chi connectivity index (χ2v) is 9.20. The molecule has 3 atom stereocenters. The van der Waals surface area contributed by atoms with Crippen molar-refractivity contribution in [3.63, 3.8) is 0 Å². The topological polar surface area (TPSA) is 174 Å². The molecule has 4 N–H and O–H groups in total. The molecular formula is C25H33N5O8. The van der Waals surface area contributed by atoms with E-state index in [1.54, 1.807) is 0 Å². The molecule has 0 radical (unpaired) electrons. The fourth-order valence-electron chi connectivity index (χ4n) is 4.39. The predicted octanol–water partition coefficient (Wildman–Crippen LogP) is -0.400. The fourth-order valence-corrected chi connectivity index (χ4v) is 4.39. The van der Waals surface area contributed by atoms with Gasteiger partial charge in [-0.05, 0) is 38.2 Å². The van der Waals surface area contributed by atoms with E-state index in [-0.39, 0.29) is 13.2 Å². The van der Waals surface area contributed by atoms with Crippen LogP contribution in [-0.4, -0.2) is 94.9 Å². The maximum absolute atomic E-state index is 12.6. The van der Waals surface area contributed by atoms with Crippen molar-refractivity contribution in [1.29, 1.82) is 0 Å². The maximum Gasteiger partial charge on any atom is 0.410 e. The highest BCUT2D eigenvalue weighted by Crippen LogP contribution is 2.19. The Balaban J connectivity index is 1.41. The van der Waals surface area contributed by atoms with Crippen molar-refractivity contribution in [2.45, 2.75) is 57.3 Å². The number of likely N-dealkylation sites (tertiary alicyclic amines) is 2. The van der Waals surface area contributed by atoms with Crippen molar-refractivity contribution in [1.82, 2.24) is 25.8 Å². The van der Waals surface area contributed by atoms with Crippen LogP contribution in [-0.2, 0) is 35.3 Å². The highest BCUT2D eigenvalue weighted by atomic mass is 16.6. The van der Waals surface area contributed by atoms with Crippen LogP contribution in [0.2, 0.25) is 0 Å². The van der Waals surface area contributed by atoms with Crippen molar-refractivity contribution < 1.29 is 38.6 Å². The molecule has 2 fully saturated rings. The molecule has 0 spiro atoms. The molecule has 5 amide bonds. The van der Waals surface area contributed by atoms with Crippen molar-refractivity contribution in [2.24, 2.45) is 0 Å². The van der Waals surface area contributed by atoms with Crippen molar-refractivity contribution in [3.8, 4) is 0 Å². The molecule has 38 heavy (non-hydrogen) atoms. The second kappa shape index (κ2) is 13.4. The number of amides is 5. The van der Waals surface area contributed by atoms with E-state index in [0.29, 0.717) is 38.8 Å². The van der Waals surface area contributed by atoms with Crippen LogP contribution in [0.4, 0.5) is 4.79 Å². The van der Waals surface area contributed by atoms with E-state index in [1.807, 2.05) is 30.3 Å². The molecule has 1 aromatic rings. The van der Waals surface area contributed by atoms with Crippen LogP contribution in [0.3, 0.4) is 0 Å². The van der Waals surface area contributed by atoms with Gasteiger partial charge in [-0.1, -0.05) is 30.3 Å². The van der Waals surface area contributed by atoms with E-state index < -0.39 is 60.4 Å². The van der Waals surface area contributed by atoms with E-state index >= 15 is 0 Å². The number of benzene rings is 1. The van der Waals surface area contributed by atoms with Crippen molar-refractivity contribution in [3.05, 3.63) is 35.9 Å². The molecule has 206 valence electrons. The van der Waals surface area contributed by atoms with Gasteiger partial charge in [-0.25, -0.2) is 4.79 Å². The van der Waals surface area contributed by atoms with Gasteiger partial charge in [0, 0.05) is 13.1 Å². The zero-order valence-electron chi connectivity index (χ0n) is 21.2. The van der Waals surface area contributed by atoms with Gasteiger partial charge < -0.3 is 30.7 Å². The van der Waals surface area contributed by atoms with Crippen molar-refractivity contribution in [2.75, 3.05) is 26.2 Å². The molecule has 0 aliphatic carbocycles. The van der Waals surface area contributed by atoms with E-state index in [9.17, 15) is 28.8 Å². The third-order valence-electron chi connectivity index (χ3n) is 6.46. The Labute approximate surface area is 219 Å². The minimum absolute atomic E-state index is 0.0824. The number of aliphatic carboxylic acids is 1. The normalized spacial score (nSPS) is 19.4. The summed E-state index contributed by atoms with van der Waals surface area (Å²) in [6, 6.07) is 6.50. The Kier molecular flexibility index (Phi) is 10.0. The maximum atomic E-state index is 12.6. The molecule has 0 saturated carbocycles. The van der Waals surface area contributed by atoms with Crippen LogP contribution in [0.1, 0.15) is 38.2 Å². The summed E-state index contributed by atoms with van der Waals surface area (Å²) in [6.45, 7) is 1.31. The quantitative estimate of drug-likeness (QED) is 0.315. The first-order valence-electron chi connectivity index (χ1n) is 12.5. The van der Waals surface area contributed by atoms with Gasteiger partial charge in [-0.2, -0.15) is 0 Å². The third-order valence-corrected chi connectivity index (χ3v) is 6.46. The minimum Gasteiger partial charge on any atom is -0.480 e. The Bertz CT molecular complexity index is 1050. The highest BCUT2D eigenvalue weighted by Gasteiger charge is 2.36. The van der Waals surface area contributed by atoms with E-state index in [1.165, 1.54) is 16.7 Å². The van der Waals surface area contributed by atoms with Crippen LogP contribution in [0.25, 0.3) is 0 Å². The number of ether oxygens (including phenoxy) is 1. The van der Waals surface area contributed by atoms with Crippen LogP contribution >= 0.6 is 0 Å². The first kappa shape index (κ1) is 28.4. The summed E-state index contributed by atoms with van der Waals surface area (Å²) in [4.78, 5) is 75.9. The third kappa shape index (κ3) is 7.67. The highest BCUT2D eigenvalue weighted by molar-refractivity contribution is 5.93. The first-order valence-corrected chi connectivity index (χ1v) is 12.5. The lowest BCUT2D eigenvalue weighted by molar-refractivity contribution is -0.143. The van der Waals surface area contributed by atoms with Gasteiger partial charge >= 0.3 is 12.1 Å². The zero-order valence-corrected chi connectivity index (χ0v) is 21.2. The van der Waals surface area contributed by atoms with Crippen LogP contribution in [0.15, 0.2) is 30.3 Å². The van der Waals surface area contributed by atoms with Gasteiger partial charge in [0.1, 0.15) is 24.7 Å². The molecule has 2 aliphatic rings. The van der Waals surface area contributed by atoms with Gasteiger partial charge in [0.25, 0.3) is 0 Å². The summed E-state index contributed by atoms with van der Waals surface area (Å²) >= 11 is 0. The lowest BCUT2D eigenvalue weighted by atomic mass is 10.2. The molecule has 0 unspecified atom stereocenters. The minimum atomic E-state index is -1.19. The van der Waals surface area contributed by atoms with Crippen LogP contribution < -0.4 is 16.0 Å². The lowest BCUT2D eigenvalue weighted by Gasteiger charge is -2.25. The lowest BCUT2D eigenvalue weighted by Crippen LogP contribution is -2.52. The molecule has 0 aromatic heterocycles. The van der Waals surface area contributed by atoms with Gasteiger partial charge in [0.15, 0.2) is 0 Å². The van der Waals surface area contributed by atoms with Gasteiger partial charge in [-0.15, -0.1) is 0 Å². The number of nitrogens with one attached hydrogen (secondary N) is 3. The number of rotatable bonds is 10. The smallest absolute Gasteiger partial charge is 0.410 e. The molecule has 1 aromatic carbocycles. The molecule has 13 heteroatoms. The molecule has 2 heterocycles. The summed E-state index contributed by atoms with van der Waals surface area (Å²) in [7, 11) is 0. The van der Waals surface area contributed by atoms with E-state index in [2.05, 4.69) is 16.0 Å². The molecule has 0 bridgehead atoms. The number of nitrogens with zero attached hydrogens (tertiary/aromatic N) is 2. The number of hydrogen-bond acceptors (Lipinski definition) is 7. The fraction of sp³-hybridized carbons (Fsp3) is 0.520. The number of carbonyl (C=O) groups is 6. The van der Waals surface area contributed by atoms with Crippen LogP contribution in [0.5, 0.6) is 0 Å². The average molecular weight is 532 g/mol. The Hall–Kier alpha value is -4.16. The van der Waals surface area contributed by atoms with E-state index in [0.717, 1.165) is 5.56 Å². The molecule has 2 saturated heterocycles. The van der Waals surface area contributed by atoms with Gasteiger partial charge in [0.05, 0.1) is 13.1 Å². The SMILES string of the molecule is C[C@H](NC(=O)[C@@H]1CCCN1C(=O)CNC(=O)CNC(=O)[C@@H]1CCCN1C(=O)OCc1ccccc1)C(=O)O. The van der Waals surface area contributed by atoms with Crippen LogP contribution in [0, 0.1) is 0 Å². The number of hydrogen-bond donors (Lipinski definition) is 4. The molecule has 2 aliphatic heterocycles. The average Bonchev–Trinajstić information content (AvgIpc) is 3.60. The Morgan fingerprint density at radius 1 is 0.921 bits per heavy atom. The number of carboxylic acids is 1. The summed E-state index contributed by atoms with van der Waals surface area (Å²) in [5.41, 5.74) is 0.822. The zero-order chi connectivity index (χ0) is 27.7. The largest absolute Gasteiger partial charge is 0.480 e. The van der Waals surface area contributed by atoms with E-state index in [4.69, 9.17) is 9.84 Å². The molecule has 3 rings (SSSR count). The summed E-state index contributed by atoms with van der Waals surface area (Å²) in [5.74, 6) is -3.35. The Morgan fingerprint density at radius 3 is 2.21 bits per heavy atom. The standard InChI is InChI=1S/C25H33N5O8/c1-16(24(35)36)28-23(34)19-10-5-11-29(19)21(32)14-26-20(31)13-27-22(33)18-9-6-12-30(18)25(37)38-15-17-7-3-2-4-8-17/h2-4,7-8,16,18-19H,5-6,9-15H2,1H3,(H,26,31)(H,27,33)(H,28,34)(H,35,36)/t16-,18-,19-/m0/s1. The Morgan fingerprint density at radius 2 is 1.55 bits per heavy atom. The van der Waals surface area contributed by atoms with Crippen molar-refractivity contribution >= 4 is 35.7 Å². The molecule has 13 nitrogen and oxygen atoms in total. The summed E-state index contributed by atoms with van der Waals surface area (Å²) < 4.78 is 5.32. The van der Waals surface area contributed by atoms with Gasteiger partial charge in [-0.3, -0.25) is 28.9 Å². The van der Waals surface area contributed by atoms with Gasteiger partial charge in [0.2, 0.25) is 23.6 Å². The monoisotopic (exact) mass is 531 g/mol. The first-order chi connectivity index (χ1) is 18.2. The summed E-state index contributed by atoms with van der Waals surface area (Å²) in [6.07, 6.45) is 1.41.